The van der Waals surface area contributed by atoms with Crippen LogP contribution < -0.4 is 14.8 Å². The Labute approximate surface area is 192 Å². The van der Waals surface area contributed by atoms with Crippen molar-refractivity contribution in [3.63, 3.8) is 0 Å². The Hall–Kier alpha value is -4.86. The molecule has 0 fully saturated rings. The van der Waals surface area contributed by atoms with Crippen molar-refractivity contribution in [2.75, 3.05) is 12.4 Å². The Bertz CT molecular complexity index is 1440. The van der Waals surface area contributed by atoms with Gasteiger partial charge in [0.25, 0.3) is 0 Å². The summed E-state index contributed by atoms with van der Waals surface area (Å²) in [5.74, 6) is 0.332. The van der Waals surface area contributed by atoms with E-state index >= 15 is 0 Å². The summed E-state index contributed by atoms with van der Waals surface area (Å²) in [6.07, 6.45) is 1.32. The Morgan fingerprint density at radius 2 is 1.62 bits per heavy atom. The van der Waals surface area contributed by atoms with E-state index in [1.165, 1.54) is 37.7 Å². The van der Waals surface area contributed by atoms with Crippen molar-refractivity contribution < 1.29 is 29.2 Å². The number of carbonyl (C=O) groups excluding carboxylic acids is 1. The molecule has 4 aromatic rings. The monoisotopic (exact) mass is 456 g/mol. The first-order valence-electron chi connectivity index (χ1n) is 10.2. The predicted octanol–water partition coefficient (Wildman–Crippen LogP) is 3.60. The van der Waals surface area contributed by atoms with E-state index in [1.807, 2.05) is 0 Å². The number of hydrogen-bond acceptors (Lipinski definition) is 10. The summed E-state index contributed by atoms with van der Waals surface area (Å²) in [5, 5.41) is 23.2. The molecule has 168 valence electrons. The molecule has 10 nitrogen and oxygen atoms in total. The van der Waals surface area contributed by atoms with Crippen LogP contribution in [0, 0.1) is 0 Å². The van der Waals surface area contributed by atoms with E-state index in [1.54, 1.807) is 30.3 Å². The predicted molar refractivity (Wildman–Crippen MR) is 118 cm³/mol. The minimum atomic E-state index is -1.36. The number of esters is 1. The second kappa shape index (κ2) is 7.07. The number of methoxy groups -OCH3 is 1. The molecule has 0 saturated heterocycles. The molecule has 0 amide bonds. The van der Waals surface area contributed by atoms with Gasteiger partial charge in [-0.3, -0.25) is 0 Å². The van der Waals surface area contributed by atoms with Gasteiger partial charge in [0.2, 0.25) is 5.95 Å². The Morgan fingerprint density at radius 1 is 0.912 bits per heavy atom. The van der Waals surface area contributed by atoms with Gasteiger partial charge < -0.3 is 29.7 Å². The van der Waals surface area contributed by atoms with Gasteiger partial charge in [-0.2, -0.15) is 9.97 Å². The second-order valence-corrected chi connectivity index (χ2v) is 7.71. The number of phenols is 2. The summed E-state index contributed by atoms with van der Waals surface area (Å²) in [4.78, 5) is 25.2. The van der Waals surface area contributed by atoms with Crippen molar-refractivity contribution in [3.8, 4) is 29.0 Å². The largest absolute Gasteiger partial charge is 0.508 e. The van der Waals surface area contributed by atoms with Gasteiger partial charge in [-0.25, -0.2) is 9.78 Å². The molecule has 0 aliphatic carbocycles. The van der Waals surface area contributed by atoms with Crippen LogP contribution in [0.4, 0.5) is 11.6 Å². The van der Waals surface area contributed by atoms with Crippen LogP contribution in [0.5, 0.6) is 29.0 Å². The summed E-state index contributed by atoms with van der Waals surface area (Å²) in [6, 6.07) is 14.5. The summed E-state index contributed by atoms with van der Waals surface area (Å²) >= 11 is 0. The molecule has 1 aromatic heterocycles. The van der Waals surface area contributed by atoms with Gasteiger partial charge in [0.05, 0.1) is 12.7 Å². The molecule has 0 atom stereocenters. The maximum Gasteiger partial charge on any atom is 0.340 e. The molecule has 2 aliphatic rings. The van der Waals surface area contributed by atoms with Crippen molar-refractivity contribution in [2.45, 2.75) is 5.60 Å². The third kappa shape index (κ3) is 2.82. The molecular weight excluding hydrogens is 440 g/mol. The van der Waals surface area contributed by atoms with E-state index in [4.69, 9.17) is 14.2 Å². The van der Waals surface area contributed by atoms with Crippen LogP contribution in [0.15, 0.2) is 60.9 Å². The number of aromatic nitrogens is 3. The van der Waals surface area contributed by atoms with Gasteiger partial charge in [0, 0.05) is 34.5 Å². The standard InChI is InChI=1S/C24H16N4O6/c1-32-23-26-11-25-22(28-23)27-12-2-5-15-18(8-12)24(34-21(15)31)16-6-3-13(29)9-19(16)33-20-10-14(30)4-7-17(20)24/h2-11,29-30H,1H3,(H,25,26,27,28). The number of carbonyl (C=O) groups is 1. The average molecular weight is 456 g/mol. The van der Waals surface area contributed by atoms with Crippen molar-refractivity contribution in [1.82, 2.24) is 15.0 Å². The molecular formula is C24H16N4O6. The molecule has 0 unspecified atom stereocenters. The number of phenolic OH excluding ortho intramolecular Hbond substituents is 2. The first kappa shape index (κ1) is 19.8. The molecule has 2 aliphatic heterocycles. The lowest BCUT2D eigenvalue weighted by atomic mass is 9.77. The molecule has 34 heavy (non-hydrogen) atoms. The maximum absolute atomic E-state index is 13.0. The normalized spacial score (nSPS) is 14.4. The fourth-order valence-electron chi connectivity index (χ4n) is 4.35. The van der Waals surface area contributed by atoms with Crippen LogP contribution in [-0.2, 0) is 10.3 Å². The Balaban J connectivity index is 1.56. The Morgan fingerprint density at radius 3 is 2.29 bits per heavy atom. The molecule has 0 saturated carbocycles. The van der Waals surface area contributed by atoms with E-state index in [0.717, 1.165) is 0 Å². The summed E-state index contributed by atoms with van der Waals surface area (Å²) in [6.45, 7) is 0. The van der Waals surface area contributed by atoms with Crippen LogP contribution >= 0.6 is 0 Å². The first-order chi connectivity index (χ1) is 16.5. The maximum atomic E-state index is 13.0. The molecule has 0 radical (unpaired) electrons. The number of nitrogens with one attached hydrogen (secondary N) is 1. The van der Waals surface area contributed by atoms with Crippen LogP contribution in [0.1, 0.15) is 27.0 Å². The number of nitrogens with zero attached hydrogens (tertiary/aromatic N) is 3. The third-order valence-electron chi connectivity index (χ3n) is 5.76. The van der Waals surface area contributed by atoms with Crippen LogP contribution in [0.25, 0.3) is 0 Å². The minimum Gasteiger partial charge on any atom is -0.508 e. The summed E-state index contributed by atoms with van der Waals surface area (Å²) in [5.41, 5.74) is 1.25. The second-order valence-electron chi connectivity index (χ2n) is 7.71. The lowest BCUT2D eigenvalue weighted by molar-refractivity contribution is 0.0224. The van der Waals surface area contributed by atoms with Gasteiger partial charge in [-0.1, -0.05) is 0 Å². The number of aromatic hydroxyl groups is 2. The van der Waals surface area contributed by atoms with Crippen LogP contribution in [0.3, 0.4) is 0 Å². The highest BCUT2D eigenvalue weighted by Crippen LogP contribution is 2.57. The highest BCUT2D eigenvalue weighted by atomic mass is 16.6. The smallest absolute Gasteiger partial charge is 0.340 e. The summed E-state index contributed by atoms with van der Waals surface area (Å²) < 4.78 is 17.1. The number of anilines is 2. The van der Waals surface area contributed by atoms with Crippen molar-refractivity contribution in [3.05, 3.63) is 83.2 Å². The van der Waals surface area contributed by atoms with Gasteiger partial charge >= 0.3 is 12.0 Å². The van der Waals surface area contributed by atoms with Gasteiger partial charge in [-0.05, 0) is 42.5 Å². The van der Waals surface area contributed by atoms with Crippen LogP contribution in [0.2, 0.25) is 0 Å². The molecule has 10 heteroatoms. The number of benzene rings is 3. The number of rotatable bonds is 3. The zero-order chi connectivity index (χ0) is 23.4. The highest BCUT2D eigenvalue weighted by molar-refractivity contribution is 5.97. The van der Waals surface area contributed by atoms with Gasteiger partial charge in [-0.15, -0.1) is 0 Å². The summed E-state index contributed by atoms with van der Waals surface area (Å²) in [7, 11) is 1.46. The lowest BCUT2D eigenvalue weighted by Crippen LogP contribution is -2.33. The fourth-order valence-corrected chi connectivity index (χ4v) is 4.35. The fraction of sp³-hybridized carbons (Fsp3) is 0.0833. The Kier molecular flexibility index (Phi) is 4.12. The first-order valence-corrected chi connectivity index (χ1v) is 10.2. The molecule has 3 aromatic carbocycles. The zero-order valence-corrected chi connectivity index (χ0v) is 17.6. The molecule has 3 N–H and O–H groups in total. The quantitative estimate of drug-likeness (QED) is 0.392. The molecule has 6 rings (SSSR count). The number of ether oxygens (including phenoxy) is 3. The minimum absolute atomic E-state index is 0.0127. The lowest BCUT2D eigenvalue weighted by Gasteiger charge is -2.36. The van der Waals surface area contributed by atoms with E-state index in [-0.39, 0.29) is 23.5 Å². The van der Waals surface area contributed by atoms with E-state index in [2.05, 4.69) is 20.3 Å². The zero-order valence-electron chi connectivity index (χ0n) is 17.6. The van der Waals surface area contributed by atoms with Crippen LogP contribution in [-0.4, -0.2) is 38.2 Å². The van der Waals surface area contributed by atoms with E-state index in [9.17, 15) is 15.0 Å². The van der Waals surface area contributed by atoms with E-state index < -0.39 is 11.6 Å². The SMILES string of the molecule is COc1ncnc(Nc2ccc3c(c2)C2(OC3=O)c3ccc(O)cc3Oc3cc(O)ccc32)n1. The topological polar surface area (TPSA) is 136 Å². The van der Waals surface area contributed by atoms with Crippen molar-refractivity contribution in [2.24, 2.45) is 0 Å². The molecule has 3 heterocycles. The number of hydrogen-bond donors (Lipinski definition) is 3. The van der Waals surface area contributed by atoms with Crippen molar-refractivity contribution in [1.29, 1.82) is 0 Å². The van der Waals surface area contributed by atoms with Crippen molar-refractivity contribution >= 4 is 17.6 Å². The number of fused-ring (bicyclic) bond motifs is 6. The van der Waals surface area contributed by atoms with E-state index in [0.29, 0.717) is 39.4 Å². The van der Waals surface area contributed by atoms with Gasteiger partial charge in [0.1, 0.15) is 29.3 Å². The third-order valence-corrected chi connectivity index (χ3v) is 5.76. The van der Waals surface area contributed by atoms with Gasteiger partial charge in [0.15, 0.2) is 5.60 Å². The molecule has 1 spiro atoms. The molecule has 0 bridgehead atoms. The highest BCUT2D eigenvalue weighted by Gasteiger charge is 2.53. The average Bonchev–Trinajstić information content (AvgIpc) is 3.11.